The van der Waals surface area contributed by atoms with Crippen molar-refractivity contribution >= 4 is 17.6 Å². The van der Waals surface area contributed by atoms with Crippen LogP contribution in [-0.2, 0) is 9.53 Å². The van der Waals surface area contributed by atoms with Gasteiger partial charge in [-0.15, -0.1) is 0 Å². The van der Waals surface area contributed by atoms with Gasteiger partial charge in [0, 0.05) is 13.5 Å². The quantitative estimate of drug-likeness (QED) is 0.306. The Morgan fingerprint density at radius 3 is 2.00 bits per heavy atom. The summed E-state index contributed by atoms with van der Waals surface area (Å²) in [6.45, 7) is 11.3. The van der Waals surface area contributed by atoms with Gasteiger partial charge in [0.05, 0.1) is 26.2 Å². The van der Waals surface area contributed by atoms with E-state index in [1.54, 1.807) is 0 Å². The highest BCUT2D eigenvalue weighted by molar-refractivity contribution is 6.17. The Bertz CT molecular complexity index is 188. The molecule has 0 amide bonds. The first kappa shape index (κ1) is 20.0. The van der Waals surface area contributed by atoms with E-state index in [4.69, 9.17) is 16.7 Å². The van der Waals surface area contributed by atoms with Crippen LogP contribution in [0.4, 0.5) is 0 Å². The van der Waals surface area contributed by atoms with Crippen molar-refractivity contribution in [3.63, 3.8) is 0 Å². The van der Waals surface area contributed by atoms with Crippen LogP contribution < -0.4 is 0 Å². The highest BCUT2D eigenvalue weighted by atomic mass is 35.5. The fourth-order valence-corrected chi connectivity index (χ4v) is 2.12. The lowest BCUT2D eigenvalue weighted by molar-refractivity contribution is -0.923. The number of unbranched alkanes of at least 4 members (excludes halogenated alkanes) is 1. The molecule has 5 heteroatoms. The minimum absolute atomic E-state index is 0.0300. The normalized spacial score (nSPS) is 10.6. The average molecular weight is 283 g/mol. The molecule has 0 aliphatic rings. The highest BCUT2D eigenvalue weighted by Gasteiger charge is 2.19. The summed E-state index contributed by atoms with van der Waals surface area (Å²) in [4.78, 5) is 11.1. The van der Waals surface area contributed by atoms with E-state index < -0.39 is 0 Å². The van der Waals surface area contributed by atoms with E-state index in [0.717, 1.165) is 31.0 Å². The molecule has 0 aromatic heterocycles. The summed E-state index contributed by atoms with van der Waals surface area (Å²) >= 11 is 5.30. The second kappa shape index (κ2) is 13.1. The molecule has 0 fully saturated rings. The van der Waals surface area contributed by atoms with Crippen LogP contribution in [0.5, 0.6) is 0 Å². The number of hydrogen-bond acceptors (Lipinski definition) is 3. The summed E-state index contributed by atoms with van der Waals surface area (Å²) in [5.41, 5.74) is 0. The largest absolute Gasteiger partial charge is 0.449 e. The number of hydrogen-bond donors (Lipinski definition) is 1. The van der Waals surface area contributed by atoms with E-state index in [2.05, 4.69) is 25.5 Å². The first-order chi connectivity index (χ1) is 8.64. The zero-order valence-corrected chi connectivity index (χ0v) is 13.0. The number of carbonyl (C=O) groups excluding carboxylic acids is 1. The molecule has 0 aliphatic carbocycles. The van der Waals surface area contributed by atoms with E-state index in [1.165, 1.54) is 19.6 Å². The van der Waals surface area contributed by atoms with Gasteiger partial charge < -0.3 is 14.3 Å². The van der Waals surface area contributed by atoms with Crippen LogP contribution in [0.1, 0.15) is 40.0 Å². The summed E-state index contributed by atoms with van der Waals surface area (Å²) < 4.78 is 5.82. The monoisotopic (exact) mass is 282 g/mol. The van der Waals surface area contributed by atoms with Crippen LogP contribution in [-0.4, -0.2) is 54.9 Å². The number of rotatable bonds is 9. The van der Waals surface area contributed by atoms with Gasteiger partial charge in [-0.1, -0.05) is 11.6 Å². The Morgan fingerprint density at radius 2 is 1.61 bits per heavy atom. The van der Waals surface area contributed by atoms with Crippen LogP contribution in [0, 0.1) is 0 Å². The molecule has 110 valence electrons. The van der Waals surface area contributed by atoms with Gasteiger partial charge in [-0.05, 0) is 33.6 Å². The molecule has 18 heavy (non-hydrogen) atoms. The lowest BCUT2D eigenvalue weighted by atomic mass is 10.2. The Kier molecular flexibility index (Phi) is 14.6. The third kappa shape index (κ3) is 8.72. The molecule has 0 rings (SSSR count). The van der Waals surface area contributed by atoms with Gasteiger partial charge in [-0.25, -0.2) is 0 Å². The second-order valence-electron chi connectivity index (χ2n) is 4.10. The number of esters is 1. The van der Waals surface area contributed by atoms with Gasteiger partial charge in [-0.3, -0.25) is 4.79 Å². The minimum atomic E-state index is -0.183. The predicted molar refractivity (Wildman–Crippen MR) is 75.6 cm³/mol. The molecule has 0 aliphatic heterocycles. The van der Waals surface area contributed by atoms with Crippen LogP contribution >= 0.6 is 11.6 Å². The van der Waals surface area contributed by atoms with E-state index in [1.807, 2.05) is 0 Å². The third-order valence-corrected chi connectivity index (χ3v) is 3.60. The van der Waals surface area contributed by atoms with Crippen molar-refractivity contribution in [2.45, 2.75) is 40.0 Å². The fourth-order valence-electron chi connectivity index (χ4n) is 1.99. The number of alkyl halides is 1. The Balaban J connectivity index is 0. The number of ether oxygens (including phenoxy) is 1. The lowest BCUT2D eigenvalue weighted by Crippen LogP contribution is -2.48. The van der Waals surface area contributed by atoms with Gasteiger partial charge in [0.2, 0.25) is 0 Å². The number of carbonyl (C=O) groups is 1. The maximum atomic E-state index is 11.1. The van der Waals surface area contributed by atoms with Crippen molar-refractivity contribution in [1.29, 1.82) is 0 Å². The summed E-state index contributed by atoms with van der Waals surface area (Å²) in [6.07, 6.45) is 2.46. The van der Waals surface area contributed by atoms with Crippen LogP contribution in [0.3, 0.4) is 0 Å². The molecule has 1 N–H and O–H groups in total. The molecule has 0 aromatic rings. The number of aliphatic hydroxyl groups excluding tert-OH is 1. The Morgan fingerprint density at radius 1 is 1.11 bits per heavy atom. The molecule has 0 heterocycles. The zero-order valence-electron chi connectivity index (χ0n) is 12.2. The lowest BCUT2D eigenvalue weighted by Gasteiger charge is -2.35. The van der Waals surface area contributed by atoms with Gasteiger partial charge in [0.1, 0.15) is 0 Å². The molecule has 0 radical (unpaired) electrons. The van der Waals surface area contributed by atoms with Gasteiger partial charge in [-0.2, -0.15) is 0 Å². The maximum absolute atomic E-state index is 11.1. The molecule has 0 aromatic carbocycles. The van der Waals surface area contributed by atoms with Crippen molar-refractivity contribution in [3.8, 4) is 0 Å². The van der Waals surface area contributed by atoms with Crippen molar-refractivity contribution < 1.29 is 19.1 Å². The van der Waals surface area contributed by atoms with E-state index in [9.17, 15) is 4.79 Å². The molecule has 0 bridgehead atoms. The van der Waals surface area contributed by atoms with E-state index in [-0.39, 0.29) is 12.0 Å². The number of aliphatic hydroxyl groups is 1. The van der Waals surface area contributed by atoms with Crippen molar-refractivity contribution in [1.82, 2.24) is 0 Å². The summed E-state index contributed by atoms with van der Waals surface area (Å²) in [6, 6.07) is -0.0300. The van der Waals surface area contributed by atoms with Gasteiger partial charge >= 0.3 is 5.97 Å². The first-order valence-corrected chi connectivity index (χ1v) is 7.19. The molecule has 0 spiro atoms. The van der Waals surface area contributed by atoms with Crippen LogP contribution in [0.2, 0.25) is 0 Å². The molecule has 0 saturated heterocycles. The fraction of sp³-hybridized carbons (Fsp3) is 0.923. The summed E-state index contributed by atoms with van der Waals surface area (Å²) in [5, 5.41) is 7.00. The molecular weight excluding hydrogens is 254 g/mol. The molecule has 0 atom stereocenters. The molecule has 0 saturated carbocycles. The average Bonchev–Trinajstić information content (AvgIpc) is 2.42. The minimum Gasteiger partial charge on any atom is -0.449 e. The molecule has 0 unspecified atom stereocenters. The Hall–Kier alpha value is -0.320. The van der Waals surface area contributed by atoms with Crippen molar-refractivity contribution in [3.05, 3.63) is 0 Å². The van der Waals surface area contributed by atoms with Crippen molar-refractivity contribution in [2.24, 2.45) is 0 Å². The summed E-state index contributed by atoms with van der Waals surface area (Å²) in [7, 11) is 1.00. The smallest absolute Gasteiger partial charge is 0.306 e. The number of nitrogens with zero attached hydrogens (tertiary/aromatic N) is 1. The highest BCUT2D eigenvalue weighted by Crippen LogP contribution is 2.10. The predicted octanol–water partition coefficient (Wildman–Crippen LogP) is 2.38. The summed E-state index contributed by atoms with van der Waals surface area (Å²) in [5.74, 6) is -0.183. The Labute approximate surface area is 116 Å². The zero-order chi connectivity index (χ0) is 14.4. The van der Waals surface area contributed by atoms with Gasteiger partial charge in [0.25, 0.3) is 0 Å². The second-order valence-corrected chi connectivity index (χ2v) is 4.31. The number of quaternary nitrogens is 1. The molecule has 4 nitrogen and oxygen atoms in total. The van der Waals surface area contributed by atoms with E-state index >= 15 is 0 Å². The third-order valence-electron chi connectivity index (χ3n) is 3.49. The van der Waals surface area contributed by atoms with Gasteiger partial charge in [0.15, 0.2) is 6.07 Å². The van der Waals surface area contributed by atoms with Crippen molar-refractivity contribution in [2.75, 3.05) is 39.4 Å². The standard InChI is InChI=1S/C12H25ClNO2.CH4O/c1-4-14(5-2,6-3)10-8-7-9-12(15)16-11-13;1-2/h4-11H2,1-3H3;2H,1H3/q+1;. The molecular formula is C13H29ClNO3+. The van der Waals surface area contributed by atoms with E-state index in [0.29, 0.717) is 6.42 Å². The first-order valence-electron chi connectivity index (χ1n) is 6.65. The number of halogens is 1. The van der Waals surface area contributed by atoms with Crippen LogP contribution in [0.25, 0.3) is 0 Å². The topological polar surface area (TPSA) is 46.5 Å². The maximum Gasteiger partial charge on any atom is 0.306 e. The van der Waals surface area contributed by atoms with Crippen LogP contribution in [0.15, 0.2) is 0 Å². The SMILES string of the molecule is CC[N+](CC)(CC)CCCCC(=O)OCCl.CO.